The maximum Gasteiger partial charge on any atom is 0.243 e. The Balaban J connectivity index is 1.44. The van der Waals surface area contributed by atoms with E-state index in [2.05, 4.69) is 15.5 Å². The largest absolute Gasteiger partial charge is 0.379 e. The third-order valence-electron chi connectivity index (χ3n) is 4.97. The summed E-state index contributed by atoms with van der Waals surface area (Å²) in [6.45, 7) is 3.20. The zero-order chi connectivity index (χ0) is 22.6. The Hall–Kier alpha value is -2.73. The lowest BCUT2D eigenvalue weighted by Crippen LogP contribution is -2.40. The molecule has 0 unspecified atom stereocenters. The van der Waals surface area contributed by atoms with Crippen molar-refractivity contribution in [1.29, 1.82) is 0 Å². The molecule has 168 valence electrons. The minimum atomic E-state index is -3.65. The Bertz CT molecular complexity index is 1190. The summed E-state index contributed by atoms with van der Waals surface area (Å²) in [6, 6.07) is 14.4. The summed E-state index contributed by atoms with van der Waals surface area (Å²) in [7, 11) is -3.65. The van der Waals surface area contributed by atoms with Crippen LogP contribution in [0.4, 0.5) is 5.69 Å². The second kappa shape index (κ2) is 9.82. The third-order valence-corrected chi connectivity index (χ3v) is 7.81. The van der Waals surface area contributed by atoms with Crippen molar-refractivity contribution in [3.05, 3.63) is 60.4 Å². The number of carbonyl (C=O) groups excluding carboxylic acids is 1. The van der Waals surface area contributed by atoms with E-state index in [1.807, 2.05) is 37.3 Å². The molecule has 1 amide bonds. The number of morpholine rings is 1. The van der Waals surface area contributed by atoms with Gasteiger partial charge in [-0.3, -0.25) is 9.36 Å². The van der Waals surface area contributed by atoms with Crippen molar-refractivity contribution in [1.82, 2.24) is 19.1 Å². The number of nitrogens with one attached hydrogen (secondary N) is 1. The van der Waals surface area contributed by atoms with Crippen LogP contribution in [0, 0.1) is 6.92 Å². The minimum Gasteiger partial charge on any atom is -0.379 e. The Morgan fingerprint density at radius 2 is 1.91 bits per heavy atom. The van der Waals surface area contributed by atoms with E-state index in [0.29, 0.717) is 37.1 Å². The number of rotatable bonds is 7. The number of amides is 1. The van der Waals surface area contributed by atoms with E-state index in [1.165, 1.54) is 22.1 Å². The molecule has 9 nitrogen and oxygen atoms in total. The Labute approximate surface area is 190 Å². The van der Waals surface area contributed by atoms with E-state index in [-0.39, 0.29) is 16.6 Å². The summed E-state index contributed by atoms with van der Waals surface area (Å²) in [4.78, 5) is 12.8. The first-order chi connectivity index (χ1) is 15.4. The van der Waals surface area contributed by atoms with Gasteiger partial charge in [-0.25, -0.2) is 8.42 Å². The average molecular weight is 474 g/mol. The van der Waals surface area contributed by atoms with Crippen LogP contribution in [0.15, 0.2) is 64.9 Å². The lowest BCUT2D eigenvalue weighted by atomic mass is 10.2. The van der Waals surface area contributed by atoms with Crippen LogP contribution in [0.2, 0.25) is 0 Å². The predicted molar refractivity (Wildman–Crippen MR) is 121 cm³/mol. The number of carbonyl (C=O) groups is 1. The summed E-state index contributed by atoms with van der Waals surface area (Å²) in [5.41, 5.74) is 2.14. The Kier molecular flexibility index (Phi) is 6.89. The molecule has 32 heavy (non-hydrogen) atoms. The molecule has 1 aromatic heterocycles. The van der Waals surface area contributed by atoms with E-state index in [1.54, 1.807) is 23.0 Å². The standard InChI is InChI=1S/C21H23N5O4S2/c1-16-7-8-18(32(28,29)25-9-11-30-12-10-25)13-19(16)23-20(27)14-31-21-24-22-15-26(21)17-5-3-2-4-6-17/h2-8,13,15H,9-12,14H2,1H3,(H,23,27). The fraction of sp³-hybridized carbons (Fsp3) is 0.286. The first-order valence-corrected chi connectivity index (χ1v) is 12.4. The maximum atomic E-state index is 12.9. The Morgan fingerprint density at radius 3 is 2.66 bits per heavy atom. The lowest BCUT2D eigenvalue weighted by Gasteiger charge is -2.26. The van der Waals surface area contributed by atoms with E-state index in [4.69, 9.17) is 4.74 Å². The van der Waals surface area contributed by atoms with Crippen LogP contribution in [-0.2, 0) is 19.6 Å². The smallest absolute Gasteiger partial charge is 0.243 e. The number of aromatic nitrogens is 3. The first-order valence-electron chi connectivity index (χ1n) is 10.0. The first kappa shape index (κ1) is 22.5. The summed E-state index contributed by atoms with van der Waals surface area (Å²) >= 11 is 1.25. The van der Waals surface area contributed by atoms with Gasteiger partial charge in [-0.1, -0.05) is 36.0 Å². The van der Waals surface area contributed by atoms with Crippen molar-refractivity contribution >= 4 is 33.4 Å². The van der Waals surface area contributed by atoms with Gasteiger partial charge in [0.2, 0.25) is 15.9 Å². The fourth-order valence-electron chi connectivity index (χ4n) is 3.24. The molecule has 11 heteroatoms. The molecular formula is C21H23N5O4S2. The average Bonchev–Trinajstić information content (AvgIpc) is 3.29. The molecule has 0 aliphatic carbocycles. The molecule has 1 saturated heterocycles. The second-order valence-electron chi connectivity index (χ2n) is 7.15. The van der Waals surface area contributed by atoms with Crippen molar-refractivity contribution in [2.45, 2.75) is 17.0 Å². The number of para-hydroxylation sites is 1. The van der Waals surface area contributed by atoms with Crippen LogP contribution in [0.1, 0.15) is 5.56 Å². The normalized spacial score (nSPS) is 14.9. The molecule has 0 radical (unpaired) electrons. The van der Waals surface area contributed by atoms with Gasteiger partial charge in [0, 0.05) is 24.5 Å². The van der Waals surface area contributed by atoms with Gasteiger partial charge in [-0.2, -0.15) is 4.31 Å². The molecule has 1 aliphatic rings. The molecule has 0 atom stereocenters. The zero-order valence-electron chi connectivity index (χ0n) is 17.5. The number of nitrogens with zero attached hydrogens (tertiary/aromatic N) is 4. The molecule has 0 saturated carbocycles. The number of aryl methyl sites for hydroxylation is 1. The van der Waals surface area contributed by atoms with Crippen LogP contribution in [0.25, 0.3) is 5.69 Å². The molecule has 0 spiro atoms. The summed E-state index contributed by atoms with van der Waals surface area (Å²) < 4.78 is 34.3. The minimum absolute atomic E-state index is 0.103. The van der Waals surface area contributed by atoms with Gasteiger partial charge in [-0.15, -0.1) is 10.2 Å². The second-order valence-corrected chi connectivity index (χ2v) is 10.0. The van der Waals surface area contributed by atoms with Crippen LogP contribution in [0.5, 0.6) is 0 Å². The fourth-order valence-corrected chi connectivity index (χ4v) is 5.40. The molecule has 4 rings (SSSR count). The van der Waals surface area contributed by atoms with Crippen LogP contribution < -0.4 is 5.32 Å². The highest BCUT2D eigenvalue weighted by molar-refractivity contribution is 7.99. The molecule has 1 aliphatic heterocycles. The highest BCUT2D eigenvalue weighted by Crippen LogP contribution is 2.25. The third kappa shape index (κ3) is 5.01. The van der Waals surface area contributed by atoms with Crippen LogP contribution in [-0.4, -0.2) is 65.5 Å². The van der Waals surface area contributed by atoms with E-state index in [0.717, 1.165) is 11.3 Å². The molecule has 2 aromatic carbocycles. The number of hydrogen-bond acceptors (Lipinski definition) is 7. The van der Waals surface area contributed by atoms with Crippen molar-refractivity contribution in [3.8, 4) is 5.69 Å². The quantitative estimate of drug-likeness (QED) is 0.525. The van der Waals surface area contributed by atoms with E-state index in [9.17, 15) is 13.2 Å². The molecule has 1 N–H and O–H groups in total. The van der Waals surface area contributed by atoms with Crippen LogP contribution in [0.3, 0.4) is 0 Å². The number of hydrogen-bond donors (Lipinski definition) is 1. The molecule has 2 heterocycles. The lowest BCUT2D eigenvalue weighted by molar-refractivity contribution is -0.113. The topological polar surface area (TPSA) is 106 Å². The monoisotopic (exact) mass is 473 g/mol. The molecular weight excluding hydrogens is 450 g/mol. The van der Waals surface area contributed by atoms with Crippen molar-refractivity contribution in [3.63, 3.8) is 0 Å². The van der Waals surface area contributed by atoms with Gasteiger partial charge in [0.15, 0.2) is 5.16 Å². The summed E-state index contributed by atoms with van der Waals surface area (Å²) in [5, 5.41) is 11.4. The van der Waals surface area contributed by atoms with Gasteiger partial charge < -0.3 is 10.1 Å². The number of benzene rings is 2. The van der Waals surface area contributed by atoms with Gasteiger partial charge in [0.25, 0.3) is 0 Å². The number of anilines is 1. The van der Waals surface area contributed by atoms with Gasteiger partial charge >= 0.3 is 0 Å². The van der Waals surface area contributed by atoms with Crippen molar-refractivity contribution in [2.75, 3.05) is 37.4 Å². The predicted octanol–water partition coefficient (Wildman–Crippen LogP) is 2.33. The molecule has 0 bridgehead atoms. The van der Waals surface area contributed by atoms with Gasteiger partial charge in [0.05, 0.1) is 23.9 Å². The van der Waals surface area contributed by atoms with E-state index >= 15 is 0 Å². The molecule has 1 fully saturated rings. The number of ether oxygens (including phenoxy) is 1. The highest BCUT2D eigenvalue weighted by atomic mass is 32.2. The summed E-state index contributed by atoms with van der Waals surface area (Å²) in [6.07, 6.45) is 1.60. The van der Waals surface area contributed by atoms with Gasteiger partial charge in [0.1, 0.15) is 6.33 Å². The Morgan fingerprint density at radius 1 is 1.16 bits per heavy atom. The van der Waals surface area contributed by atoms with Crippen molar-refractivity contribution < 1.29 is 17.9 Å². The van der Waals surface area contributed by atoms with Crippen molar-refractivity contribution in [2.24, 2.45) is 0 Å². The maximum absolute atomic E-state index is 12.9. The zero-order valence-corrected chi connectivity index (χ0v) is 19.1. The van der Waals surface area contributed by atoms with E-state index < -0.39 is 10.0 Å². The number of sulfonamides is 1. The number of thioether (sulfide) groups is 1. The van der Waals surface area contributed by atoms with Gasteiger partial charge in [-0.05, 0) is 36.8 Å². The SMILES string of the molecule is Cc1ccc(S(=O)(=O)N2CCOCC2)cc1NC(=O)CSc1nncn1-c1ccccc1. The summed E-state index contributed by atoms with van der Waals surface area (Å²) in [5.74, 6) is -0.160. The van der Waals surface area contributed by atoms with Crippen LogP contribution >= 0.6 is 11.8 Å². The highest BCUT2D eigenvalue weighted by Gasteiger charge is 2.27. The molecule has 3 aromatic rings.